The molecule has 148 valence electrons. The van der Waals surface area contributed by atoms with E-state index in [1.807, 2.05) is 43.3 Å². The second kappa shape index (κ2) is 7.63. The summed E-state index contributed by atoms with van der Waals surface area (Å²) in [6, 6.07) is 18.0. The van der Waals surface area contributed by atoms with E-state index in [1.54, 1.807) is 24.3 Å². The molecule has 0 atom stereocenters. The minimum Gasteiger partial charge on any atom is -0.262 e. The lowest BCUT2D eigenvalue weighted by atomic mass is 10.1. The van der Waals surface area contributed by atoms with E-state index in [-0.39, 0.29) is 10.7 Å². The van der Waals surface area contributed by atoms with Crippen LogP contribution in [0, 0.1) is 6.92 Å². The number of fused-ring (bicyclic) bond motifs is 1. The molecular formula is C21H21N5O2S. The zero-order valence-electron chi connectivity index (χ0n) is 16.2. The van der Waals surface area contributed by atoms with Gasteiger partial charge in [0, 0.05) is 5.56 Å². The van der Waals surface area contributed by atoms with Crippen molar-refractivity contribution in [1.82, 2.24) is 19.8 Å². The number of benzene rings is 2. The van der Waals surface area contributed by atoms with Gasteiger partial charge in [0.1, 0.15) is 0 Å². The lowest BCUT2D eigenvalue weighted by Gasteiger charge is -2.09. The average molecular weight is 407 g/mol. The van der Waals surface area contributed by atoms with Crippen LogP contribution in [0.5, 0.6) is 0 Å². The molecule has 0 saturated carbocycles. The van der Waals surface area contributed by atoms with E-state index in [2.05, 4.69) is 26.9 Å². The SMILES string of the molecule is CCCc1ccc(S(=O)(=O)Nc2ccc3nnc(-c4cccc(C)c4)n3n2)cc1. The first-order valence-electron chi connectivity index (χ1n) is 9.37. The molecule has 0 fully saturated rings. The van der Waals surface area contributed by atoms with Crippen LogP contribution in [0.3, 0.4) is 0 Å². The van der Waals surface area contributed by atoms with Crippen LogP contribution in [0.25, 0.3) is 17.0 Å². The number of aryl methyl sites for hydroxylation is 2. The Hall–Kier alpha value is -3.26. The molecule has 0 aliphatic heterocycles. The fourth-order valence-electron chi connectivity index (χ4n) is 3.13. The third-order valence-corrected chi connectivity index (χ3v) is 5.92. The maximum absolute atomic E-state index is 12.8. The smallest absolute Gasteiger partial charge is 0.262 e. The Labute approximate surface area is 169 Å². The number of aromatic nitrogens is 4. The van der Waals surface area contributed by atoms with E-state index < -0.39 is 10.0 Å². The first-order valence-corrected chi connectivity index (χ1v) is 10.9. The summed E-state index contributed by atoms with van der Waals surface area (Å²) in [6.07, 6.45) is 1.93. The third-order valence-electron chi connectivity index (χ3n) is 4.55. The van der Waals surface area contributed by atoms with E-state index in [0.717, 1.165) is 29.5 Å². The van der Waals surface area contributed by atoms with Crippen LogP contribution in [0.4, 0.5) is 5.82 Å². The number of nitrogens with zero attached hydrogens (tertiary/aromatic N) is 4. The largest absolute Gasteiger partial charge is 0.263 e. The molecule has 2 aromatic heterocycles. The lowest BCUT2D eigenvalue weighted by Crippen LogP contribution is -2.15. The lowest BCUT2D eigenvalue weighted by molar-refractivity contribution is 0.601. The number of hydrogen-bond acceptors (Lipinski definition) is 5. The zero-order valence-corrected chi connectivity index (χ0v) is 17.0. The second-order valence-electron chi connectivity index (χ2n) is 6.88. The van der Waals surface area contributed by atoms with Crippen molar-refractivity contribution in [2.24, 2.45) is 0 Å². The molecule has 0 saturated heterocycles. The average Bonchev–Trinajstić information content (AvgIpc) is 3.12. The van der Waals surface area contributed by atoms with Gasteiger partial charge in [-0.25, -0.2) is 8.42 Å². The zero-order chi connectivity index (χ0) is 20.4. The minimum absolute atomic E-state index is 0.196. The number of rotatable bonds is 6. The Morgan fingerprint density at radius 3 is 2.52 bits per heavy atom. The molecule has 0 aliphatic carbocycles. The van der Waals surface area contributed by atoms with Gasteiger partial charge in [-0.15, -0.1) is 15.3 Å². The van der Waals surface area contributed by atoms with Gasteiger partial charge in [0.15, 0.2) is 17.3 Å². The summed E-state index contributed by atoms with van der Waals surface area (Å²) < 4.78 is 29.6. The van der Waals surface area contributed by atoms with Gasteiger partial charge in [-0.1, -0.05) is 49.2 Å². The Kier molecular flexibility index (Phi) is 5.02. The summed E-state index contributed by atoms with van der Waals surface area (Å²) in [5.41, 5.74) is 3.59. The van der Waals surface area contributed by atoms with Crippen LogP contribution in [0.1, 0.15) is 24.5 Å². The Balaban J connectivity index is 1.66. The summed E-state index contributed by atoms with van der Waals surface area (Å²) in [6.45, 7) is 4.08. The molecule has 0 bridgehead atoms. The fraction of sp³-hybridized carbons (Fsp3) is 0.190. The van der Waals surface area contributed by atoms with Crippen molar-refractivity contribution in [2.45, 2.75) is 31.6 Å². The molecule has 7 nitrogen and oxygen atoms in total. The molecule has 0 spiro atoms. The Bertz CT molecular complexity index is 1260. The van der Waals surface area contributed by atoms with Crippen LogP contribution in [-0.4, -0.2) is 28.2 Å². The van der Waals surface area contributed by atoms with Gasteiger partial charge in [-0.3, -0.25) is 4.72 Å². The van der Waals surface area contributed by atoms with Gasteiger partial charge in [0.2, 0.25) is 0 Å². The van der Waals surface area contributed by atoms with Crippen molar-refractivity contribution >= 4 is 21.5 Å². The van der Waals surface area contributed by atoms with Crippen LogP contribution in [0.2, 0.25) is 0 Å². The Morgan fingerprint density at radius 2 is 1.79 bits per heavy atom. The van der Waals surface area contributed by atoms with Gasteiger partial charge >= 0.3 is 0 Å². The summed E-state index contributed by atoms with van der Waals surface area (Å²) in [4.78, 5) is 0.196. The van der Waals surface area contributed by atoms with Crippen molar-refractivity contribution < 1.29 is 8.42 Å². The predicted octanol–water partition coefficient (Wildman–Crippen LogP) is 3.85. The maximum Gasteiger partial charge on any atom is 0.263 e. The molecule has 8 heteroatoms. The van der Waals surface area contributed by atoms with Gasteiger partial charge in [-0.05, 0) is 49.2 Å². The minimum atomic E-state index is -3.75. The van der Waals surface area contributed by atoms with Crippen molar-refractivity contribution in [2.75, 3.05) is 4.72 Å². The predicted molar refractivity (Wildman–Crippen MR) is 112 cm³/mol. The number of nitrogens with one attached hydrogen (secondary N) is 1. The summed E-state index contributed by atoms with van der Waals surface area (Å²) >= 11 is 0. The van der Waals surface area contributed by atoms with Crippen molar-refractivity contribution in [3.63, 3.8) is 0 Å². The highest BCUT2D eigenvalue weighted by molar-refractivity contribution is 7.92. The van der Waals surface area contributed by atoms with Crippen molar-refractivity contribution in [3.8, 4) is 11.4 Å². The molecule has 0 radical (unpaired) electrons. The van der Waals surface area contributed by atoms with E-state index in [1.165, 1.54) is 4.52 Å². The molecule has 0 amide bonds. The monoisotopic (exact) mass is 407 g/mol. The highest BCUT2D eigenvalue weighted by Crippen LogP contribution is 2.21. The molecule has 0 aliphatic rings. The summed E-state index contributed by atoms with van der Waals surface area (Å²) in [7, 11) is -3.75. The molecule has 1 N–H and O–H groups in total. The number of anilines is 1. The third kappa shape index (κ3) is 3.97. The number of hydrogen-bond donors (Lipinski definition) is 1. The maximum atomic E-state index is 12.8. The van der Waals surface area contributed by atoms with Crippen molar-refractivity contribution in [3.05, 3.63) is 71.8 Å². The molecule has 2 heterocycles. The molecule has 4 rings (SSSR count). The Morgan fingerprint density at radius 1 is 1.00 bits per heavy atom. The van der Waals surface area contributed by atoms with Gasteiger partial charge in [0.05, 0.1) is 4.90 Å². The molecule has 29 heavy (non-hydrogen) atoms. The number of sulfonamides is 1. The topological polar surface area (TPSA) is 89.2 Å². The highest BCUT2D eigenvalue weighted by Gasteiger charge is 2.16. The molecule has 0 unspecified atom stereocenters. The highest BCUT2D eigenvalue weighted by atomic mass is 32.2. The standard InChI is InChI=1S/C21H21N5O2S/c1-3-5-16-8-10-18(11-9-16)29(27,28)25-19-12-13-20-22-23-21(26(20)24-19)17-7-4-6-15(2)14-17/h4,6-14H,3,5H2,1-2H3,(H,24,25). The van der Waals surface area contributed by atoms with E-state index >= 15 is 0 Å². The first-order chi connectivity index (χ1) is 14.0. The van der Waals surface area contributed by atoms with E-state index in [9.17, 15) is 8.42 Å². The van der Waals surface area contributed by atoms with Gasteiger partial charge < -0.3 is 0 Å². The van der Waals surface area contributed by atoms with Crippen molar-refractivity contribution in [1.29, 1.82) is 0 Å². The normalized spacial score (nSPS) is 11.7. The van der Waals surface area contributed by atoms with Crippen LogP contribution in [0.15, 0.2) is 65.6 Å². The van der Waals surface area contributed by atoms with Gasteiger partial charge in [0.25, 0.3) is 10.0 Å². The van der Waals surface area contributed by atoms with Gasteiger partial charge in [-0.2, -0.15) is 4.52 Å². The molecular weight excluding hydrogens is 386 g/mol. The first kappa shape index (κ1) is 19.1. The van der Waals surface area contributed by atoms with Crippen LogP contribution in [-0.2, 0) is 16.4 Å². The van der Waals surface area contributed by atoms with E-state index in [4.69, 9.17) is 0 Å². The quantitative estimate of drug-likeness (QED) is 0.524. The van der Waals surface area contributed by atoms with Crippen LogP contribution < -0.4 is 4.72 Å². The summed E-state index contributed by atoms with van der Waals surface area (Å²) in [5.74, 6) is 0.748. The van der Waals surface area contributed by atoms with Crippen LogP contribution >= 0.6 is 0 Å². The summed E-state index contributed by atoms with van der Waals surface area (Å²) in [5, 5.41) is 12.7. The fourth-order valence-corrected chi connectivity index (χ4v) is 4.12. The van der Waals surface area contributed by atoms with E-state index in [0.29, 0.717) is 11.5 Å². The second-order valence-corrected chi connectivity index (χ2v) is 8.56. The molecule has 2 aromatic carbocycles. The molecule has 4 aromatic rings.